The van der Waals surface area contributed by atoms with Crippen molar-refractivity contribution < 1.29 is 14.7 Å². The van der Waals surface area contributed by atoms with Gasteiger partial charge in [-0.2, -0.15) is 0 Å². The van der Waals surface area contributed by atoms with Crippen LogP contribution in [0.25, 0.3) is 5.65 Å². The van der Waals surface area contributed by atoms with Crippen LogP contribution in [0, 0.1) is 5.92 Å². The Hall–Kier alpha value is -2.37. The number of hydrogen-bond acceptors (Lipinski definition) is 3. The Morgan fingerprint density at radius 2 is 2.27 bits per heavy atom. The molecule has 0 bridgehead atoms. The van der Waals surface area contributed by atoms with Crippen molar-refractivity contribution >= 4 is 17.5 Å². The van der Waals surface area contributed by atoms with Crippen molar-refractivity contribution in [2.45, 2.75) is 32.2 Å². The summed E-state index contributed by atoms with van der Waals surface area (Å²) < 4.78 is 1.88. The predicted molar refractivity (Wildman–Crippen MR) is 80.4 cm³/mol. The largest absolute Gasteiger partial charge is 0.481 e. The lowest BCUT2D eigenvalue weighted by molar-refractivity contribution is -0.144. The van der Waals surface area contributed by atoms with Crippen LogP contribution in [0.2, 0.25) is 0 Å². The predicted octanol–water partition coefficient (Wildman–Crippen LogP) is 1.59. The van der Waals surface area contributed by atoms with Gasteiger partial charge in [-0.05, 0) is 31.9 Å². The van der Waals surface area contributed by atoms with E-state index in [0.717, 1.165) is 18.5 Å². The third-order valence-corrected chi connectivity index (χ3v) is 4.33. The minimum absolute atomic E-state index is 0.0426. The second-order valence-electron chi connectivity index (χ2n) is 5.80. The molecule has 6 nitrogen and oxygen atoms in total. The molecular formula is C16H19N3O3. The van der Waals surface area contributed by atoms with Gasteiger partial charge in [-0.25, -0.2) is 4.98 Å². The van der Waals surface area contributed by atoms with Crippen LogP contribution < -0.4 is 0 Å². The number of carboxylic acid groups (broad SMARTS) is 1. The third kappa shape index (κ3) is 2.68. The molecule has 2 aromatic rings. The number of likely N-dealkylation sites (tertiary alicyclic amines) is 1. The number of carbonyl (C=O) groups excluding carboxylic acids is 1. The van der Waals surface area contributed by atoms with Crippen molar-refractivity contribution in [3.05, 3.63) is 36.3 Å². The summed E-state index contributed by atoms with van der Waals surface area (Å²) in [6.07, 6.45) is 5.56. The summed E-state index contributed by atoms with van der Waals surface area (Å²) >= 11 is 0. The summed E-state index contributed by atoms with van der Waals surface area (Å²) in [4.78, 5) is 29.8. The molecule has 6 heteroatoms. The lowest BCUT2D eigenvalue weighted by atomic mass is 9.99. The first-order valence-electron chi connectivity index (χ1n) is 7.51. The van der Waals surface area contributed by atoms with Crippen LogP contribution in [-0.2, 0) is 16.0 Å². The van der Waals surface area contributed by atoms with Gasteiger partial charge in [0.15, 0.2) is 0 Å². The molecule has 22 heavy (non-hydrogen) atoms. The topological polar surface area (TPSA) is 74.9 Å². The molecule has 0 aromatic carbocycles. The van der Waals surface area contributed by atoms with Crippen LogP contribution in [-0.4, -0.2) is 43.9 Å². The van der Waals surface area contributed by atoms with Crippen LogP contribution in [0.1, 0.15) is 25.5 Å². The Morgan fingerprint density at radius 1 is 1.45 bits per heavy atom. The van der Waals surface area contributed by atoms with Crippen molar-refractivity contribution in [3.8, 4) is 0 Å². The maximum atomic E-state index is 12.5. The van der Waals surface area contributed by atoms with E-state index in [1.165, 1.54) is 0 Å². The summed E-state index contributed by atoms with van der Waals surface area (Å²) in [6, 6.07) is 5.49. The highest BCUT2D eigenvalue weighted by atomic mass is 16.4. The Bertz CT molecular complexity index is 676. The number of pyridine rings is 1. The molecular weight excluding hydrogens is 282 g/mol. The highest BCUT2D eigenvalue weighted by molar-refractivity contribution is 5.80. The first-order chi connectivity index (χ1) is 10.6. The number of hydrogen-bond donors (Lipinski definition) is 1. The summed E-state index contributed by atoms with van der Waals surface area (Å²) in [5, 5.41) is 9.17. The standard InChI is InChI=1S/C16H19N3O3/c1-11(16(21)22)13-5-4-8-19(13)15(20)9-12-10-18-7-3-2-6-14(18)17-12/h2-3,6-7,10-11,13H,4-5,8-9H2,1H3,(H,21,22). The molecule has 1 fully saturated rings. The van der Waals surface area contributed by atoms with Crippen molar-refractivity contribution in [3.63, 3.8) is 0 Å². The van der Waals surface area contributed by atoms with Gasteiger partial charge < -0.3 is 14.4 Å². The first kappa shape index (κ1) is 14.6. The van der Waals surface area contributed by atoms with E-state index >= 15 is 0 Å². The van der Waals surface area contributed by atoms with Gasteiger partial charge in [-0.15, -0.1) is 0 Å². The molecule has 1 saturated heterocycles. The molecule has 1 amide bonds. The molecule has 3 heterocycles. The molecule has 0 radical (unpaired) electrons. The van der Waals surface area contributed by atoms with E-state index in [1.807, 2.05) is 35.0 Å². The molecule has 1 N–H and O–H groups in total. The average molecular weight is 301 g/mol. The smallest absolute Gasteiger partial charge is 0.308 e. The van der Waals surface area contributed by atoms with E-state index < -0.39 is 11.9 Å². The fourth-order valence-electron chi connectivity index (χ4n) is 3.12. The second-order valence-corrected chi connectivity index (χ2v) is 5.80. The number of amides is 1. The molecule has 0 saturated carbocycles. The van der Waals surface area contributed by atoms with Crippen LogP contribution in [0.4, 0.5) is 0 Å². The molecule has 2 aromatic heterocycles. The Kier molecular flexibility index (Phi) is 3.83. The lowest BCUT2D eigenvalue weighted by Gasteiger charge is -2.27. The van der Waals surface area contributed by atoms with Crippen LogP contribution >= 0.6 is 0 Å². The summed E-state index contributed by atoms with van der Waals surface area (Å²) in [7, 11) is 0. The molecule has 3 rings (SSSR count). The molecule has 0 spiro atoms. The molecule has 0 aliphatic carbocycles. The number of rotatable bonds is 4. The second kappa shape index (κ2) is 5.79. The van der Waals surface area contributed by atoms with Crippen LogP contribution in [0.5, 0.6) is 0 Å². The number of aromatic nitrogens is 2. The van der Waals surface area contributed by atoms with E-state index in [9.17, 15) is 14.7 Å². The van der Waals surface area contributed by atoms with Gasteiger partial charge in [0.1, 0.15) is 5.65 Å². The van der Waals surface area contributed by atoms with Crippen molar-refractivity contribution in [1.29, 1.82) is 0 Å². The zero-order valence-corrected chi connectivity index (χ0v) is 12.5. The van der Waals surface area contributed by atoms with E-state index in [2.05, 4.69) is 4.98 Å². The number of carbonyl (C=O) groups is 2. The van der Waals surface area contributed by atoms with E-state index in [4.69, 9.17) is 0 Å². The zero-order valence-electron chi connectivity index (χ0n) is 12.5. The Morgan fingerprint density at radius 3 is 3.00 bits per heavy atom. The van der Waals surface area contributed by atoms with Gasteiger partial charge in [0.2, 0.25) is 5.91 Å². The zero-order chi connectivity index (χ0) is 15.7. The number of imidazole rings is 1. The summed E-state index contributed by atoms with van der Waals surface area (Å²) in [6.45, 7) is 2.30. The van der Waals surface area contributed by atoms with Gasteiger partial charge in [0, 0.05) is 25.0 Å². The van der Waals surface area contributed by atoms with Crippen LogP contribution in [0.3, 0.4) is 0 Å². The van der Waals surface area contributed by atoms with Gasteiger partial charge in [-0.1, -0.05) is 6.07 Å². The Balaban J connectivity index is 1.74. The Labute approximate surface area is 128 Å². The summed E-state index contributed by atoms with van der Waals surface area (Å²) in [5.74, 6) is -1.43. The monoisotopic (exact) mass is 301 g/mol. The number of aliphatic carboxylic acids is 1. The SMILES string of the molecule is CC(C(=O)O)C1CCCN1C(=O)Cc1cn2ccccc2n1. The van der Waals surface area contributed by atoms with Gasteiger partial charge in [0.05, 0.1) is 18.0 Å². The van der Waals surface area contributed by atoms with Crippen LogP contribution in [0.15, 0.2) is 30.6 Å². The summed E-state index contributed by atoms with van der Waals surface area (Å²) in [5.41, 5.74) is 1.52. The van der Waals surface area contributed by atoms with Crippen molar-refractivity contribution in [2.24, 2.45) is 5.92 Å². The molecule has 1 aliphatic rings. The fraction of sp³-hybridized carbons (Fsp3) is 0.438. The highest BCUT2D eigenvalue weighted by Crippen LogP contribution is 2.25. The van der Waals surface area contributed by atoms with Crippen molar-refractivity contribution in [1.82, 2.24) is 14.3 Å². The average Bonchev–Trinajstić information content (AvgIpc) is 3.12. The first-order valence-corrected chi connectivity index (χ1v) is 7.51. The minimum Gasteiger partial charge on any atom is -0.481 e. The fourth-order valence-corrected chi connectivity index (χ4v) is 3.12. The highest BCUT2D eigenvalue weighted by Gasteiger charge is 2.35. The number of fused-ring (bicyclic) bond motifs is 1. The van der Waals surface area contributed by atoms with Gasteiger partial charge >= 0.3 is 5.97 Å². The van der Waals surface area contributed by atoms with Gasteiger partial charge in [-0.3, -0.25) is 9.59 Å². The molecule has 116 valence electrons. The number of nitrogens with zero attached hydrogens (tertiary/aromatic N) is 3. The quantitative estimate of drug-likeness (QED) is 0.930. The minimum atomic E-state index is -0.850. The lowest BCUT2D eigenvalue weighted by Crippen LogP contribution is -2.42. The number of carboxylic acids is 1. The van der Waals surface area contributed by atoms with E-state index in [1.54, 1.807) is 11.8 Å². The normalized spacial score (nSPS) is 19.5. The molecule has 2 atom stereocenters. The van der Waals surface area contributed by atoms with Gasteiger partial charge in [0.25, 0.3) is 0 Å². The molecule has 2 unspecified atom stereocenters. The maximum absolute atomic E-state index is 12.5. The van der Waals surface area contributed by atoms with E-state index in [0.29, 0.717) is 12.2 Å². The van der Waals surface area contributed by atoms with E-state index in [-0.39, 0.29) is 18.4 Å². The molecule has 1 aliphatic heterocycles. The third-order valence-electron chi connectivity index (χ3n) is 4.33. The van der Waals surface area contributed by atoms with Crippen molar-refractivity contribution in [2.75, 3.05) is 6.54 Å². The maximum Gasteiger partial charge on any atom is 0.308 e.